The van der Waals surface area contributed by atoms with E-state index in [4.69, 9.17) is 0 Å². The highest BCUT2D eigenvalue weighted by Gasteiger charge is 2.19. The zero-order valence-corrected chi connectivity index (χ0v) is 7.89. The van der Waals surface area contributed by atoms with E-state index in [0.717, 1.165) is 24.9 Å². The number of aliphatic hydroxyl groups excluding tert-OH is 1. The van der Waals surface area contributed by atoms with Crippen LogP contribution in [-0.4, -0.2) is 30.6 Å². The van der Waals surface area contributed by atoms with Gasteiger partial charge in [0.25, 0.3) is 0 Å². The zero-order chi connectivity index (χ0) is 9.97. The summed E-state index contributed by atoms with van der Waals surface area (Å²) < 4.78 is 0. The summed E-state index contributed by atoms with van der Waals surface area (Å²) in [7, 11) is 0. The molecule has 1 saturated heterocycles. The minimum Gasteiger partial charge on any atom is -0.391 e. The van der Waals surface area contributed by atoms with Gasteiger partial charge in [0, 0.05) is 24.3 Å². The van der Waals surface area contributed by atoms with Gasteiger partial charge in [0.2, 0.25) is 0 Å². The SMILES string of the molecule is O=Cc1ccc(N2CCC(O)C2)cc1. The lowest BCUT2D eigenvalue weighted by Gasteiger charge is -2.17. The van der Waals surface area contributed by atoms with Crippen molar-refractivity contribution in [3.05, 3.63) is 29.8 Å². The molecular formula is C11H13NO2. The first-order valence-corrected chi connectivity index (χ1v) is 4.78. The number of carbonyl (C=O) groups is 1. The standard InChI is InChI=1S/C11H13NO2/c13-8-9-1-3-10(4-2-9)12-6-5-11(14)7-12/h1-4,8,11,14H,5-7H2. The molecule has 1 fully saturated rings. The van der Waals surface area contributed by atoms with Crippen LogP contribution in [0.4, 0.5) is 5.69 Å². The van der Waals surface area contributed by atoms with Gasteiger partial charge in [-0.1, -0.05) is 0 Å². The second-order valence-corrected chi connectivity index (χ2v) is 3.60. The minimum absolute atomic E-state index is 0.208. The molecule has 0 spiro atoms. The maximum absolute atomic E-state index is 10.4. The van der Waals surface area contributed by atoms with Crippen molar-refractivity contribution in [3.8, 4) is 0 Å². The first kappa shape index (κ1) is 9.21. The molecule has 1 heterocycles. The van der Waals surface area contributed by atoms with E-state index < -0.39 is 0 Å². The summed E-state index contributed by atoms with van der Waals surface area (Å²) in [6.45, 7) is 1.59. The Morgan fingerprint density at radius 2 is 2.07 bits per heavy atom. The lowest BCUT2D eigenvalue weighted by atomic mass is 10.2. The lowest BCUT2D eigenvalue weighted by molar-refractivity contribution is 0.112. The summed E-state index contributed by atoms with van der Waals surface area (Å²) in [6, 6.07) is 7.43. The van der Waals surface area contributed by atoms with Crippen LogP contribution >= 0.6 is 0 Å². The van der Waals surface area contributed by atoms with E-state index in [2.05, 4.69) is 4.90 Å². The van der Waals surface area contributed by atoms with Crippen molar-refractivity contribution < 1.29 is 9.90 Å². The predicted octanol–water partition coefficient (Wildman–Crippen LogP) is 1.07. The number of anilines is 1. The summed E-state index contributed by atoms with van der Waals surface area (Å²) in [4.78, 5) is 12.6. The Morgan fingerprint density at radius 1 is 1.36 bits per heavy atom. The Labute approximate surface area is 83.0 Å². The third-order valence-corrected chi connectivity index (χ3v) is 2.56. The third kappa shape index (κ3) is 1.77. The number of β-amino-alcohol motifs (C(OH)–C–C–N with tert-alkyl or cyclic N) is 1. The molecule has 2 rings (SSSR count). The van der Waals surface area contributed by atoms with Crippen molar-refractivity contribution in [1.82, 2.24) is 0 Å². The van der Waals surface area contributed by atoms with Crippen molar-refractivity contribution in [2.75, 3.05) is 18.0 Å². The fraction of sp³-hybridized carbons (Fsp3) is 0.364. The number of aliphatic hydroxyl groups is 1. The summed E-state index contributed by atoms with van der Waals surface area (Å²) in [5.41, 5.74) is 1.76. The van der Waals surface area contributed by atoms with Crippen molar-refractivity contribution in [2.24, 2.45) is 0 Å². The highest BCUT2D eigenvalue weighted by Crippen LogP contribution is 2.20. The second kappa shape index (κ2) is 3.80. The molecule has 0 saturated carbocycles. The van der Waals surface area contributed by atoms with Gasteiger partial charge in [0.1, 0.15) is 6.29 Å². The van der Waals surface area contributed by atoms with Gasteiger partial charge in [0.15, 0.2) is 0 Å². The summed E-state index contributed by atoms with van der Waals surface area (Å²) in [5.74, 6) is 0. The van der Waals surface area contributed by atoms with Crippen LogP contribution < -0.4 is 4.90 Å². The number of rotatable bonds is 2. The van der Waals surface area contributed by atoms with Gasteiger partial charge >= 0.3 is 0 Å². The topological polar surface area (TPSA) is 40.5 Å². The minimum atomic E-state index is -0.208. The van der Waals surface area contributed by atoms with Gasteiger partial charge in [-0.05, 0) is 30.7 Å². The van der Waals surface area contributed by atoms with Crippen LogP contribution in [0.3, 0.4) is 0 Å². The maximum Gasteiger partial charge on any atom is 0.150 e. The number of hydrogen-bond acceptors (Lipinski definition) is 3. The molecule has 0 aromatic heterocycles. The van der Waals surface area contributed by atoms with Crippen LogP contribution in [0.5, 0.6) is 0 Å². The number of hydrogen-bond donors (Lipinski definition) is 1. The Kier molecular flexibility index (Phi) is 2.50. The summed E-state index contributed by atoms with van der Waals surface area (Å²) >= 11 is 0. The molecule has 14 heavy (non-hydrogen) atoms. The average Bonchev–Trinajstić information content (AvgIpc) is 2.65. The predicted molar refractivity (Wildman–Crippen MR) is 54.7 cm³/mol. The molecule has 1 aliphatic rings. The molecule has 3 heteroatoms. The molecule has 1 aromatic carbocycles. The van der Waals surface area contributed by atoms with Gasteiger partial charge in [0.05, 0.1) is 6.10 Å². The molecule has 0 radical (unpaired) electrons. The molecule has 0 bridgehead atoms. The normalized spacial score (nSPS) is 21.2. The summed E-state index contributed by atoms with van der Waals surface area (Å²) in [5, 5.41) is 9.36. The molecule has 1 atom stereocenters. The van der Waals surface area contributed by atoms with Crippen LogP contribution in [0.1, 0.15) is 16.8 Å². The van der Waals surface area contributed by atoms with Crippen LogP contribution in [0, 0.1) is 0 Å². The second-order valence-electron chi connectivity index (χ2n) is 3.60. The first-order chi connectivity index (χ1) is 6.79. The quantitative estimate of drug-likeness (QED) is 0.711. The van der Waals surface area contributed by atoms with Crippen molar-refractivity contribution in [2.45, 2.75) is 12.5 Å². The fourth-order valence-corrected chi connectivity index (χ4v) is 1.74. The molecular weight excluding hydrogens is 178 g/mol. The van der Waals surface area contributed by atoms with Crippen molar-refractivity contribution >= 4 is 12.0 Å². The monoisotopic (exact) mass is 191 g/mol. The smallest absolute Gasteiger partial charge is 0.150 e. The Bertz CT molecular complexity index is 321. The van der Waals surface area contributed by atoms with Gasteiger partial charge in [-0.2, -0.15) is 0 Å². The number of aldehydes is 1. The van der Waals surface area contributed by atoms with Gasteiger partial charge < -0.3 is 10.0 Å². The van der Waals surface area contributed by atoms with Crippen LogP contribution in [-0.2, 0) is 0 Å². The largest absolute Gasteiger partial charge is 0.391 e. The van der Waals surface area contributed by atoms with Crippen LogP contribution in [0.25, 0.3) is 0 Å². The first-order valence-electron chi connectivity index (χ1n) is 4.78. The number of carbonyl (C=O) groups excluding carboxylic acids is 1. The fourth-order valence-electron chi connectivity index (χ4n) is 1.74. The van der Waals surface area contributed by atoms with Gasteiger partial charge in [-0.3, -0.25) is 4.79 Å². The van der Waals surface area contributed by atoms with E-state index in [1.54, 1.807) is 12.1 Å². The highest BCUT2D eigenvalue weighted by molar-refractivity contribution is 5.75. The summed E-state index contributed by atoms with van der Waals surface area (Å²) in [6.07, 6.45) is 1.46. The maximum atomic E-state index is 10.4. The Balaban J connectivity index is 2.13. The number of benzene rings is 1. The molecule has 3 nitrogen and oxygen atoms in total. The van der Waals surface area contributed by atoms with Crippen molar-refractivity contribution in [3.63, 3.8) is 0 Å². The molecule has 1 unspecified atom stereocenters. The van der Waals surface area contributed by atoms with Gasteiger partial charge in [-0.15, -0.1) is 0 Å². The van der Waals surface area contributed by atoms with E-state index in [-0.39, 0.29) is 6.10 Å². The van der Waals surface area contributed by atoms with E-state index in [1.807, 2.05) is 12.1 Å². The molecule has 1 aromatic rings. The van der Waals surface area contributed by atoms with E-state index in [0.29, 0.717) is 12.1 Å². The van der Waals surface area contributed by atoms with E-state index >= 15 is 0 Å². The van der Waals surface area contributed by atoms with Crippen LogP contribution in [0.15, 0.2) is 24.3 Å². The third-order valence-electron chi connectivity index (χ3n) is 2.56. The molecule has 1 aliphatic heterocycles. The van der Waals surface area contributed by atoms with Crippen LogP contribution in [0.2, 0.25) is 0 Å². The highest BCUT2D eigenvalue weighted by atomic mass is 16.3. The zero-order valence-electron chi connectivity index (χ0n) is 7.89. The van der Waals surface area contributed by atoms with E-state index in [9.17, 15) is 9.90 Å². The number of nitrogens with zero attached hydrogens (tertiary/aromatic N) is 1. The molecule has 1 N–H and O–H groups in total. The molecule has 0 aliphatic carbocycles. The van der Waals surface area contributed by atoms with Gasteiger partial charge in [-0.25, -0.2) is 0 Å². The lowest BCUT2D eigenvalue weighted by Crippen LogP contribution is -2.20. The molecule has 74 valence electrons. The molecule has 0 amide bonds. The van der Waals surface area contributed by atoms with Crippen molar-refractivity contribution in [1.29, 1.82) is 0 Å². The van der Waals surface area contributed by atoms with E-state index in [1.165, 1.54) is 0 Å². The Hall–Kier alpha value is -1.35. The Morgan fingerprint density at radius 3 is 2.57 bits per heavy atom. The average molecular weight is 191 g/mol.